The van der Waals surface area contributed by atoms with E-state index in [1.807, 2.05) is 0 Å². The number of ether oxygens (including phenoxy) is 1. The van der Waals surface area contributed by atoms with Gasteiger partial charge in [-0.15, -0.1) is 0 Å². The molecule has 0 bridgehead atoms. The lowest BCUT2D eigenvalue weighted by Gasteiger charge is -2.37. The van der Waals surface area contributed by atoms with Crippen LogP contribution < -0.4 is 10.6 Å². The molecule has 2 atom stereocenters. The van der Waals surface area contributed by atoms with Crippen molar-refractivity contribution in [3.63, 3.8) is 0 Å². The van der Waals surface area contributed by atoms with Crippen molar-refractivity contribution in [3.05, 3.63) is 28.2 Å². The van der Waals surface area contributed by atoms with Crippen molar-refractivity contribution in [1.82, 2.24) is 0 Å². The number of halogens is 1. The molecule has 1 aromatic rings. The maximum atomic E-state index is 5.82. The monoisotopic (exact) mass is 298 g/mol. The van der Waals surface area contributed by atoms with E-state index in [-0.39, 0.29) is 12.2 Å². The molecule has 3 nitrogen and oxygen atoms in total. The molecule has 1 aliphatic heterocycles. The molecule has 0 aliphatic carbocycles. The van der Waals surface area contributed by atoms with Crippen LogP contribution in [0.4, 0.5) is 5.69 Å². The minimum Gasteiger partial charge on any atom is -0.372 e. The number of benzene rings is 1. The Morgan fingerprint density at radius 3 is 2.59 bits per heavy atom. The van der Waals surface area contributed by atoms with Gasteiger partial charge < -0.3 is 15.4 Å². The van der Waals surface area contributed by atoms with Crippen LogP contribution in [0.5, 0.6) is 0 Å². The molecule has 0 aromatic heterocycles. The summed E-state index contributed by atoms with van der Waals surface area (Å²) in [4.78, 5) is 2.37. The molecule has 94 valence electrons. The lowest BCUT2D eigenvalue weighted by atomic mass is 10.1. The van der Waals surface area contributed by atoms with E-state index in [4.69, 9.17) is 10.5 Å². The molecule has 2 N–H and O–H groups in total. The minimum absolute atomic E-state index is 0.271. The third-order valence-corrected chi connectivity index (χ3v) is 3.52. The van der Waals surface area contributed by atoms with Gasteiger partial charge in [0.25, 0.3) is 0 Å². The lowest BCUT2D eigenvalue weighted by Crippen LogP contribution is -2.45. The number of anilines is 1. The van der Waals surface area contributed by atoms with Gasteiger partial charge in [0.05, 0.1) is 12.2 Å². The third-order valence-electron chi connectivity index (χ3n) is 3.02. The first-order chi connectivity index (χ1) is 8.10. The van der Waals surface area contributed by atoms with Crippen molar-refractivity contribution in [2.24, 2.45) is 5.73 Å². The first-order valence-electron chi connectivity index (χ1n) is 5.99. The van der Waals surface area contributed by atoms with E-state index in [1.165, 1.54) is 11.3 Å². The normalized spacial score (nSPS) is 25.1. The second kappa shape index (κ2) is 5.38. The predicted octanol–water partition coefficient (Wildman–Crippen LogP) is 2.52. The van der Waals surface area contributed by atoms with E-state index in [0.29, 0.717) is 6.54 Å². The lowest BCUT2D eigenvalue weighted by molar-refractivity contribution is -0.00526. The molecule has 1 aliphatic rings. The van der Waals surface area contributed by atoms with E-state index in [1.54, 1.807) is 0 Å². The van der Waals surface area contributed by atoms with Crippen LogP contribution in [-0.2, 0) is 11.3 Å². The van der Waals surface area contributed by atoms with Gasteiger partial charge in [0.2, 0.25) is 0 Å². The van der Waals surface area contributed by atoms with Gasteiger partial charge in [0.15, 0.2) is 0 Å². The van der Waals surface area contributed by atoms with Crippen molar-refractivity contribution < 1.29 is 4.74 Å². The molecule has 0 unspecified atom stereocenters. The van der Waals surface area contributed by atoms with E-state index in [9.17, 15) is 0 Å². The molecule has 0 saturated carbocycles. The number of rotatable bonds is 2. The molecule has 17 heavy (non-hydrogen) atoms. The van der Waals surface area contributed by atoms with E-state index >= 15 is 0 Å². The first kappa shape index (κ1) is 12.9. The number of hydrogen-bond acceptors (Lipinski definition) is 3. The quantitative estimate of drug-likeness (QED) is 0.912. The summed E-state index contributed by atoms with van der Waals surface area (Å²) in [6.45, 7) is 6.65. The van der Waals surface area contributed by atoms with E-state index < -0.39 is 0 Å². The Hall–Kier alpha value is -0.580. The van der Waals surface area contributed by atoms with Crippen molar-refractivity contribution >= 4 is 21.6 Å². The maximum Gasteiger partial charge on any atom is 0.0726 e. The first-order valence-corrected chi connectivity index (χ1v) is 6.78. The molecule has 0 spiro atoms. The SMILES string of the molecule is C[C@@H]1CN(c2ccc(Br)cc2CN)C[C@H](C)O1. The summed E-state index contributed by atoms with van der Waals surface area (Å²) in [6, 6.07) is 6.30. The fourth-order valence-electron chi connectivity index (χ4n) is 2.40. The highest BCUT2D eigenvalue weighted by Gasteiger charge is 2.23. The maximum absolute atomic E-state index is 5.82. The number of hydrogen-bond donors (Lipinski definition) is 1. The third kappa shape index (κ3) is 3.00. The summed E-state index contributed by atoms with van der Waals surface area (Å²) in [6.07, 6.45) is 0.543. The molecule has 0 radical (unpaired) electrons. The largest absolute Gasteiger partial charge is 0.372 e. The average molecular weight is 299 g/mol. The van der Waals surface area contributed by atoms with Gasteiger partial charge in [0.1, 0.15) is 0 Å². The van der Waals surface area contributed by atoms with Crippen molar-refractivity contribution in [2.75, 3.05) is 18.0 Å². The Bertz CT molecular complexity index is 387. The Kier molecular flexibility index (Phi) is 4.07. The Balaban J connectivity index is 2.26. The smallest absolute Gasteiger partial charge is 0.0726 e. The molecule has 1 fully saturated rings. The van der Waals surface area contributed by atoms with Crippen LogP contribution in [0.2, 0.25) is 0 Å². The van der Waals surface area contributed by atoms with Gasteiger partial charge in [-0.3, -0.25) is 0 Å². The second-order valence-corrected chi connectivity index (χ2v) is 5.56. The molecule has 0 amide bonds. The van der Waals surface area contributed by atoms with Crippen LogP contribution in [0.15, 0.2) is 22.7 Å². The Morgan fingerprint density at radius 1 is 1.35 bits per heavy atom. The Labute approximate surface area is 111 Å². The molecule has 1 aromatic carbocycles. The van der Waals surface area contributed by atoms with Crippen molar-refractivity contribution in [1.29, 1.82) is 0 Å². The number of nitrogens with two attached hydrogens (primary N) is 1. The van der Waals surface area contributed by atoms with Gasteiger partial charge in [-0.1, -0.05) is 15.9 Å². The molecular weight excluding hydrogens is 280 g/mol. The van der Waals surface area contributed by atoms with E-state index in [0.717, 1.165) is 17.6 Å². The van der Waals surface area contributed by atoms with Gasteiger partial charge in [0, 0.05) is 29.8 Å². The molecule has 2 rings (SSSR count). The Morgan fingerprint density at radius 2 is 2.00 bits per heavy atom. The highest BCUT2D eigenvalue weighted by atomic mass is 79.9. The van der Waals surface area contributed by atoms with E-state index in [2.05, 4.69) is 52.9 Å². The zero-order valence-corrected chi connectivity index (χ0v) is 11.9. The molecule has 1 heterocycles. The summed E-state index contributed by atoms with van der Waals surface area (Å²) >= 11 is 3.49. The summed E-state index contributed by atoms with van der Waals surface area (Å²) in [5, 5.41) is 0. The minimum atomic E-state index is 0.271. The van der Waals surface area contributed by atoms with Crippen molar-refractivity contribution in [3.8, 4) is 0 Å². The van der Waals surface area contributed by atoms with Gasteiger partial charge in [-0.05, 0) is 37.6 Å². The summed E-state index contributed by atoms with van der Waals surface area (Å²) in [5.41, 5.74) is 8.23. The summed E-state index contributed by atoms with van der Waals surface area (Å²) < 4.78 is 6.83. The highest BCUT2D eigenvalue weighted by molar-refractivity contribution is 9.10. The fraction of sp³-hybridized carbons (Fsp3) is 0.538. The van der Waals surface area contributed by atoms with Gasteiger partial charge in [-0.2, -0.15) is 0 Å². The summed E-state index contributed by atoms with van der Waals surface area (Å²) in [5.74, 6) is 0. The van der Waals surface area contributed by atoms with Crippen LogP contribution in [0.1, 0.15) is 19.4 Å². The highest BCUT2D eigenvalue weighted by Crippen LogP contribution is 2.27. The van der Waals surface area contributed by atoms with Crippen LogP contribution in [0.25, 0.3) is 0 Å². The van der Waals surface area contributed by atoms with Crippen LogP contribution in [0, 0.1) is 0 Å². The molecule has 4 heteroatoms. The fourth-order valence-corrected chi connectivity index (χ4v) is 2.81. The van der Waals surface area contributed by atoms with Crippen LogP contribution in [0.3, 0.4) is 0 Å². The van der Waals surface area contributed by atoms with Crippen molar-refractivity contribution in [2.45, 2.75) is 32.6 Å². The number of morpholine rings is 1. The van der Waals surface area contributed by atoms with Crippen LogP contribution >= 0.6 is 15.9 Å². The van der Waals surface area contributed by atoms with Crippen LogP contribution in [-0.4, -0.2) is 25.3 Å². The zero-order valence-electron chi connectivity index (χ0n) is 10.3. The standard InChI is InChI=1S/C13H19BrN2O/c1-9-7-16(8-10(2)17-9)13-4-3-12(14)5-11(13)6-15/h3-5,9-10H,6-8,15H2,1-2H3/t9-,10+. The molecular formula is C13H19BrN2O. The topological polar surface area (TPSA) is 38.5 Å². The van der Waals surface area contributed by atoms with Gasteiger partial charge in [-0.25, -0.2) is 0 Å². The predicted molar refractivity (Wildman–Crippen MR) is 74.3 cm³/mol. The molecule has 1 saturated heterocycles. The number of nitrogens with zero attached hydrogens (tertiary/aromatic N) is 1. The summed E-state index contributed by atoms with van der Waals surface area (Å²) in [7, 11) is 0. The van der Waals surface area contributed by atoms with Gasteiger partial charge >= 0.3 is 0 Å². The average Bonchev–Trinajstić information content (AvgIpc) is 2.27. The zero-order chi connectivity index (χ0) is 12.4. The second-order valence-electron chi connectivity index (χ2n) is 4.64.